The lowest BCUT2D eigenvalue weighted by Gasteiger charge is -2.14. The summed E-state index contributed by atoms with van der Waals surface area (Å²) in [4.78, 5) is 12.1. The second-order valence-corrected chi connectivity index (χ2v) is 8.93. The van der Waals surface area contributed by atoms with Gasteiger partial charge < -0.3 is 5.32 Å². The van der Waals surface area contributed by atoms with Crippen molar-refractivity contribution in [2.24, 2.45) is 0 Å². The van der Waals surface area contributed by atoms with Gasteiger partial charge in [-0.15, -0.1) is 0 Å². The van der Waals surface area contributed by atoms with Crippen LogP contribution >= 0.6 is 31.9 Å². The molecule has 0 heterocycles. The van der Waals surface area contributed by atoms with Crippen molar-refractivity contribution < 1.29 is 13.2 Å². The van der Waals surface area contributed by atoms with E-state index >= 15 is 0 Å². The van der Waals surface area contributed by atoms with Crippen LogP contribution in [0.3, 0.4) is 0 Å². The van der Waals surface area contributed by atoms with Gasteiger partial charge in [-0.2, -0.15) is 0 Å². The van der Waals surface area contributed by atoms with Crippen molar-refractivity contribution in [3.05, 3.63) is 63.0 Å². The van der Waals surface area contributed by atoms with Crippen LogP contribution in [0.15, 0.2) is 62.4 Å². The molecule has 1 unspecified atom stereocenters. The van der Waals surface area contributed by atoms with Gasteiger partial charge in [-0.3, -0.25) is 4.79 Å². The fourth-order valence-electron chi connectivity index (χ4n) is 2.20. The molecule has 25 heavy (non-hydrogen) atoms. The summed E-state index contributed by atoms with van der Waals surface area (Å²) in [6, 6.07) is 14.3. The maximum absolute atomic E-state index is 12.3. The maximum atomic E-state index is 12.3. The van der Waals surface area contributed by atoms with Gasteiger partial charge in [0.05, 0.1) is 10.9 Å². The van der Waals surface area contributed by atoms with E-state index in [-0.39, 0.29) is 29.8 Å². The molecule has 8 heteroatoms. The summed E-state index contributed by atoms with van der Waals surface area (Å²) in [5.41, 5.74) is 0.995. The first-order valence-corrected chi connectivity index (χ1v) is 10.7. The zero-order valence-electron chi connectivity index (χ0n) is 13.5. The number of nitrogens with one attached hydrogen (secondary N) is 2. The number of carbonyl (C=O) groups excluding carboxylic acids is 1. The topological polar surface area (TPSA) is 75.3 Å². The molecule has 2 rings (SSSR count). The van der Waals surface area contributed by atoms with Gasteiger partial charge in [0.1, 0.15) is 0 Å². The lowest BCUT2D eigenvalue weighted by molar-refractivity contribution is -0.121. The van der Waals surface area contributed by atoms with Gasteiger partial charge in [-0.1, -0.05) is 46.3 Å². The highest BCUT2D eigenvalue weighted by Crippen LogP contribution is 2.25. The minimum absolute atomic E-state index is 0.0225. The molecule has 0 spiro atoms. The Balaban J connectivity index is 1.89. The van der Waals surface area contributed by atoms with Crippen LogP contribution in [0.2, 0.25) is 0 Å². The number of halogens is 2. The Morgan fingerprint density at radius 3 is 2.48 bits per heavy atom. The van der Waals surface area contributed by atoms with Crippen LogP contribution in [0.5, 0.6) is 0 Å². The summed E-state index contributed by atoms with van der Waals surface area (Å²) in [5.74, 6) is -0.215. The summed E-state index contributed by atoms with van der Waals surface area (Å²) in [6.07, 6.45) is 0.0576. The summed E-state index contributed by atoms with van der Waals surface area (Å²) in [5, 5.41) is 2.85. The Hall–Kier alpha value is -1.22. The Bertz CT molecular complexity index is 842. The highest BCUT2D eigenvalue weighted by molar-refractivity contribution is 9.11. The highest BCUT2D eigenvalue weighted by Gasteiger charge is 2.18. The summed E-state index contributed by atoms with van der Waals surface area (Å²) in [6.45, 7) is 1.91. The van der Waals surface area contributed by atoms with E-state index in [4.69, 9.17) is 0 Å². The van der Waals surface area contributed by atoms with E-state index in [1.54, 1.807) is 12.1 Å². The van der Waals surface area contributed by atoms with Crippen molar-refractivity contribution >= 4 is 47.8 Å². The quantitative estimate of drug-likeness (QED) is 0.621. The molecule has 0 fully saturated rings. The SMILES string of the molecule is CC(NC(=O)CCNS(=O)(=O)c1cc(Br)ccc1Br)c1ccccc1. The minimum Gasteiger partial charge on any atom is -0.350 e. The molecule has 134 valence electrons. The number of carbonyl (C=O) groups is 1. The lowest BCUT2D eigenvalue weighted by atomic mass is 10.1. The van der Waals surface area contributed by atoms with E-state index in [0.29, 0.717) is 8.95 Å². The third-order valence-electron chi connectivity index (χ3n) is 3.50. The Labute approximate surface area is 164 Å². The third-order valence-corrected chi connectivity index (χ3v) is 6.45. The van der Waals surface area contributed by atoms with Crippen LogP contribution in [0.4, 0.5) is 0 Å². The fraction of sp³-hybridized carbons (Fsp3) is 0.235. The summed E-state index contributed by atoms with van der Waals surface area (Å²) < 4.78 is 28.2. The van der Waals surface area contributed by atoms with Gasteiger partial charge in [-0.05, 0) is 46.6 Å². The van der Waals surface area contributed by atoms with Crippen molar-refractivity contribution in [3.8, 4) is 0 Å². The fourth-order valence-corrected chi connectivity index (χ4v) is 4.73. The normalized spacial score (nSPS) is 12.6. The van der Waals surface area contributed by atoms with E-state index in [1.165, 1.54) is 6.07 Å². The molecule has 2 aromatic rings. The zero-order chi connectivity index (χ0) is 18.4. The predicted molar refractivity (Wildman–Crippen MR) is 105 cm³/mol. The first kappa shape index (κ1) is 20.1. The van der Waals surface area contributed by atoms with E-state index < -0.39 is 10.0 Å². The molecular formula is C17H18Br2N2O3S. The first-order chi connectivity index (χ1) is 11.8. The van der Waals surface area contributed by atoms with E-state index in [2.05, 4.69) is 41.9 Å². The average Bonchev–Trinajstić information content (AvgIpc) is 2.57. The van der Waals surface area contributed by atoms with Crippen molar-refractivity contribution in [1.82, 2.24) is 10.0 Å². The Morgan fingerprint density at radius 2 is 1.80 bits per heavy atom. The predicted octanol–water partition coefficient (Wildman–Crippen LogP) is 3.76. The zero-order valence-corrected chi connectivity index (χ0v) is 17.5. The number of amides is 1. The van der Waals surface area contributed by atoms with E-state index in [9.17, 15) is 13.2 Å². The molecule has 0 bridgehead atoms. The number of rotatable bonds is 7. The number of sulfonamides is 1. The molecule has 5 nitrogen and oxygen atoms in total. The molecule has 1 amide bonds. The summed E-state index contributed by atoms with van der Waals surface area (Å²) in [7, 11) is -3.70. The van der Waals surface area contributed by atoms with Gasteiger partial charge in [0.2, 0.25) is 15.9 Å². The monoisotopic (exact) mass is 488 g/mol. The van der Waals surface area contributed by atoms with Gasteiger partial charge in [0.15, 0.2) is 0 Å². The summed E-state index contributed by atoms with van der Waals surface area (Å²) >= 11 is 6.48. The van der Waals surface area contributed by atoms with Crippen LogP contribution in [0.1, 0.15) is 24.9 Å². The molecule has 0 aliphatic heterocycles. The van der Waals surface area contributed by atoms with E-state index in [0.717, 1.165) is 5.56 Å². The van der Waals surface area contributed by atoms with Crippen LogP contribution in [-0.2, 0) is 14.8 Å². The highest BCUT2D eigenvalue weighted by atomic mass is 79.9. The second-order valence-electron chi connectivity index (χ2n) is 5.42. The first-order valence-electron chi connectivity index (χ1n) is 7.58. The van der Waals surface area contributed by atoms with Gasteiger partial charge in [0.25, 0.3) is 0 Å². The second kappa shape index (κ2) is 8.93. The molecule has 2 N–H and O–H groups in total. The molecule has 0 aromatic heterocycles. The number of hydrogen-bond donors (Lipinski definition) is 2. The van der Waals surface area contributed by atoms with Crippen LogP contribution in [-0.4, -0.2) is 20.9 Å². The number of hydrogen-bond acceptors (Lipinski definition) is 3. The van der Waals surface area contributed by atoms with Gasteiger partial charge in [-0.25, -0.2) is 13.1 Å². The van der Waals surface area contributed by atoms with Crippen molar-refractivity contribution in [2.75, 3.05) is 6.54 Å². The van der Waals surface area contributed by atoms with Crippen LogP contribution in [0, 0.1) is 0 Å². The standard InChI is InChI=1S/C17H18Br2N2O3S/c1-12(13-5-3-2-4-6-13)21-17(22)9-10-20-25(23,24)16-11-14(18)7-8-15(16)19/h2-8,11-12,20H,9-10H2,1H3,(H,21,22). The maximum Gasteiger partial charge on any atom is 0.241 e. The molecule has 1 atom stereocenters. The molecule has 0 saturated carbocycles. The molecule has 0 radical (unpaired) electrons. The number of benzene rings is 2. The van der Waals surface area contributed by atoms with Gasteiger partial charge in [0, 0.05) is 21.9 Å². The third kappa shape index (κ3) is 5.91. The van der Waals surface area contributed by atoms with Crippen molar-refractivity contribution in [2.45, 2.75) is 24.3 Å². The molecule has 0 saturated heterocycles. The van der Waals surface area contributed by atoms with E-state index in [1.807, 2.05) is 37.3 Å². The minimum atomic E-state index is -3.70. The van der Waals surface area contributed by atoms with Crippen LogP contribution < -0.4 is 10.0 Å². The lowest BCUT2D eigenvalue weighted by Crippen LogP contribution is -2.32. The van der Waals surface area contributed by atoms with Crippen LogP contribution in [0.25, 0.3) is 0 Å². The molecular weight excluding hydrogens is 472 g/mol. The van der Waals surface area contributed by atoms with Crippen molar-refractivity contribution in [3.63, 3.8) is 0 Å². The van der Waals surface area contributed by atoms with Gasteiger partial charge >= 0.3 is 0 Å². The molecule has 0 aliphatic carbocycles. The molecule has 2 aromatic carbocycles. The Kier molecular flexibility index (Phi) is 7.18. The molecule has 0 aliphatic rings. The smallest absolute Gasteiger partial charge is 0.241 e. The average molecular weight is 490 g/mol. The van der Waals surface area contributed by atoms with Crippen molar-refractivity contribution in [1.29, 1.82) is 0 Å². The largest absolute Gasteiger partial charge is 0.350 e. The Morgan fingerprint density at radius 1 is 1.12 bits per heavy atom.